The van der Waals surface area contributed by atoms with Gasteiger partial charge in [-0.3, -0.25) is 4.72 Å². The van der Waals surface area contributed by atoms with Gasteiger partial charge >= 0.3 is 12.4 Å². The average molecular weight is 554 g/mol. The number of aromatic amines is 1. The molecular weight excluding hydrogens is 531 g/mol. The summed E-state index contributed by atoms with van der Waals surface area (Å²) in [6.45, 7) is 3.82. The van der Waals surface area contributed by atoms with Gasteiger partial charge in [0.1, 0.15) is 5.75 Å². The zero-order chi connectivity index (χ0) is 27.6. The Kier molecular flexibility index (Phi) is 7.24. The molecule has 2 aromatic heterocycles. The maximum Gasteiger partial charge on any atom is 0.573 e. The molecule has 0 saturated heterocycles. The molecule has 13 heteroatoms. The first-order chi connectivity index (χ1) is 18.7. The van der Waals surface area contributed by atoms with Gasteiger partial charge in [-0.15, -0.1) is 13.2 Å². The van der Waals surface area contributed by atoms with Gasteiger partial charge in [0.25, 0.3) is 0 Å². The molecule has 0 bridgehead atoms. The van der Waals surface area contributed by atoms with Crippen molar-refractivity contribution >= 4 is 30.1 Å². The molecule has 2 heterocycles. The molecule has 0 radical (unpaired) electrons. The second kappa shape index (κ2) is 10.8. The number of hydrogen-bond donors (Lipinski definition) is 3. The van der Waals surface area contributed by atoms with E-state index in [0.29, 0.717) is 17.9 Å². The molecule has 9 nitrogen and oxygen atoms in total. The topological polar surface area (TPSA) is 117 Å². The van der Waals surface area contributed by atoms with Crippen LogP contribution >= 0.6 is 12.1 Å². The molecule has 2 amide bonds. The summed E-state index contributed by atoms with van der Waals surface area (Å²) in [7, 11) is 0. The second-order valence-electron chi connectivity index (χ2n) is 8.78. The molecule has 3 N–H and O–H groups in total. The first-order valence-corrected chi connectivity index (χ1v) is 12.5. The van der Waals surface area contributed by atoms with Gasteiger partial charge in [-0.2, -0.15) is 4.40 Å². The fourth-order valence-electron chi connectivity index (χ4n) is 4.41. The molecule has 1 aliphatic carbocycles. The maximum atomic E-state index is 12.5. The van der Waals surface area contributed by atoms with Crippen molar-refractivity contribution in [3.05, 3.63) is 88.9 Å². The number of benzene rings is 2. The van der Waals surface area contributed by atoms with Crippen LogP contribution in [0.2, 0.25) is 0 Å². The lowest BCUT2D eigenvalue weighted by molar-refractivity contribution is -0.274. The lowest BCUT2D eigenvalue weighted by atomic mass is 9.83. The molecule has 5 rings (SSSR count). The van der Waals surface area contributed by atoms with Gasteiger partial charge in [0.2, 0.25) is 0 Å². The number of anilines is 1. The van der Waals surface area contributed by atoms with Crippen LogP contribution in [0.5, 0.6) is 5.75 Å². The van der Waals surface area contributed by atoms with Crippen molar-refractivity contribution in [1.82, 2.24) is 24.7 Å². The van der Waals surface area contributed by atoms with E-state index in [4.69, 9.17) is 0 Å². The molecule has 1 atom stereocenters. The normalized spacial score (nSPS) is 14.5. The van der Waals surface area contributed by atoms with Gasteiger partial charge in [-0.25, -0.2) is 19.7 Å². The van der Waals surface area contributed by atoms with E-state index in [9.17, 15) is 18.0 Å². The highest BCUT2D eigenvalue weighted by Gasteiger charge is 2.32. The van der Waals surface area contributed by atoms with Gasteiger partial charge < -0.3 is 15.0 Å². The van der Waals surface area contributed by atoms with Crippen LogP contribution in [-0.2, 0) is 6.42 Å². The molecule has 200 valence electrons. The van der Waals surface area contributed by atoms with E-state index in [1.807, 2.05) is 32.0 Å². The van der Waals surface area contributed by atoms with Crippen LogP contribution in [0.3, 0.4) is 0 Å². The molecule has 0 spiro atoms. The van der Waals surface area contributed by atoms with Crippen molar-refractivity contribution in [1.29, 1.82) is 0 Å². The number of carbonyl (C=O) groups is 1. The quantitative estimate of drug-likeness (QED) is 0.203. The Balaban J connectivity index is 1.27. The zero-order valence-electron chi connectivity index (χ0n) is 20.7. The number of ether oxygens (including phenoxy) is 1. The van der Waals surface area contributed by atoms with Crippen molar-refractivity contribution in [3.8, 4) is 17.0 Å². The number of halogens is 3. The Bertz CT molecular complexity index is 1520. The van der Waals surface area contributed by atoms with E-state index in [-0.39, 0.29) is 11.7 Å². The number of nitrogens with zero attached hydrogens (tertiary/aromatic N) is 4. The standard InChI is InChI=1S/C26H22F3N7O2S/c1-14-4-3-5-15(2)22(14)35-25(37)36-39-33-12-21-30-11-19-20(34-21)10-18(23-24(19)32-13-31-23)16-6-8-17(9-7-16)38-26(27,28)29/h3-9,11-13,18H,10H2,1-2H3,(H,31,32)(H2,35,36,37). The van der Waals surface area contributed by atoms with E-state index in [2.05, 4.69) is 39.1 Å². The monoisotopic (exact) mass is 553 g/mol. The van der Waals surface area contributed by atoms with Crippen molar-refractivity contribution in [2.75, 3.05) is 5.32 Å². The Labute approximate surface area is 225 Å². The summed E-state index contributed by atoms with van der Waals surface area (Å²) in [4.78, 5) is 28.8. The molecule has 39 heavy (non-hydrogen) atoms. The number of carbonyl (C=O) groups excluding carboxylic acids is 1. The number of nitrogens with one attached hydrogen (secondary N) is 3. The molecule has 1 unspecified atom stereocenters. The number of urea groups is 1. The summed E-state index contributed by atoms with van der Waals surface area (Å²) in [6, 6.07) is 11.1. The van der Waals surface area contributed by atoms with Crippen LogP contribution in [-0.4, -0.2) is 38.5 Å². The number of alkyl halides is 3. The van der Waals surface area contributed by atoms with Gasteiger partial charge in [0.05, 0.1) is 41.8 Å². The number of fused-ring (bicyclic) bond motifs is 3. The lowest BCUT2D eigenvalue weighted by Crippen LogP contribution is -2.23. The minimum absolute atomic E-state index is 0.209. The number of para-hydroxylation sites is 1. The Morgan fingerprint density at radius 1 is 1.15 bits per heavy atom. The molecular formula is C26H22F3N7O2S. The summed E-state index contributed by atoms with van der Waals surface area (Å²) < 4.78 is 48.3. The molecule has 1 aliphatic rings. The smallest absolute Gasteiger partial charge is 0.406 e. The predicted octanol–water partition coefficient (Wildman–Crippen LogP) is 5.87. The van der Waals surface area contributed by atoms with Gasteiger partial charge in [-0.05, 0) is 42.7 Å². The van der Waals surface area contributed by atoms with Crippen LogP contribution in [0.4, 0.5) is 23.7 Å². The highest BCUT2D eigenvalue weighted by Crippen LogP contribution is 2.40. The van der Waals surface area contributed by atoms with E-state index in [1.165, 1.54) is 18.3 Å². The minimum atomic E-state index is -4.76. The molecule has 2 aromatic carbocycles. The Hall–Kier alpha value is -4.39. The summed E-state index contributed by atoms with van der Waals surface area (Å²) >= 11 is 0.835. The summed E-state index contributed by atoms with van der Waals surface area (Å²) in [5.41, 5.74) is 6.41. The number of hydrogen-bond acceptors (Lipinski definition) is 7. The van der Waals surface area contributed by atoms with Crippen LogP contribution in [0, 0.1) is 13.8 Å². The summed E-state index contributed by atoms with van der Waals surface area (Å²) in [6.07, 6.45) is 0.370. The molecule has 4 aromatic rings. The first kappa shape index (κ1) is 26.2. The Morgan fingerprint density at radius 3 is 2.62 bits per heavy atom. The number of aromatic nitrogens is 4. The highest BCUT2D eigenvalue weighted by molar-refractivity contribution is 7.96. The van der Waals surface area contributed by atoms with Crippen molar-refractivity contribution in [2.45, 2.75) is 32.5 Å². The number of amides is 2. The van der Waals surface area contributed by atoms with Crippen LogP contribution in [0.15, 0.2) is 59.4 Å². The fraction of sp³-hybridized carbons (Fsp3) is 0.192. The number of imidazole rings is 1. The van der Waals surface area contributed by atoms with Crippen molar-refractivity contribution in [2.24, 2.45) is 4.40 Å². The number of H-pyrrole nitrogens is 1. The van der Waals surface area contributed by atoms with Gasteiger partial charge in [-0.1, -0.05) is 30.3 Å². The second-order valence-corrected chi connectivity index (χ2v) is 9.37. The van der Waals surface area contributed by atoms with E-state index >= 15 is 0 Å². The van der Waals surface area contributed by atoms with Gasteiger partial charge in [0.15, 0.2) is 5.82 Å². The van der Waals surface area contributed by atoms with Crippen molar-refractivity contribution in [3.63, 3.8) is 0 Å². The van der Waals surface area contributed by atoms with Crippen LogP contribution < -0.4 is 14.8 Å². The summed E-state index contributed by atoms with van der Waals surface area (Å²) in [5.74, 6) is -0.161. The Morgan fingerprint density at radius 2 is 1.90 bits per heavy atom. The first-order valence-electron chi connectivity index (χ1n) is 11.8. The SMILES string of the molecule is Cc1cccc(C)c1NC(=O)NSN=Cc1ncc2c(n1)CC(c1ccc(OC(F)(F)F)cc1)c1[nH]cnc1-2. The van der Waals surface area contributed by atoms with E-state index in [1.54, 1.807) is 24.7 Å². The number of rotatable bonds is 6. The highest BCUT2D eigenvalue weighted by atomic mass is 32.2. The largest absolute Gasteiger partial charge is 0.573 e. The van der Waals surface area contributed by atoms with Gasteiger partial charge in [0, 0.05) is 29.8 Å². The number of aryl methyl sites for hydroxylation is 2. The fourth-order valence-corrected chi connectivity index (χ4v) is 4.74. The molecule has 0 aliphatic heterocycles. The average Bonchev–Trinajstić information content (AvgIpc) is 3.38. The third-order valence-corrected chi connectivity index (χ3v) is 6.64. The van der Waals surface area contributed by atoms with E-state index in [0.717, 1.165) is 51.5 Å². The maximum absolute atomic E-state index is 12.5. The zero-order valence-corrected chi connectivity index (χ0v) is 21.5. The molecule has 0 fully saturated rings. The lowest BCUT2D eigenvalue weighted by Gasteiger charge is -2.24. The summed E-state index contributed by atoms with van der Waals surface area (Å²) in [5, 5.41) is 2.81. The third kappa shape index (κ3) is 6.03. The minimum Gasteiger partial charge on any atom is -0.406 e. The predicted molar refractivity (Wildman–Crippen MR) is 142 cm³/mol. The molecule has 0 saturated carbocycles. The van der Waals surface area contributed by atoms with Crippen molar-refractivity contribution < 1.29 is 22.7 Å². The van der Waals surface area contributed by atoms with E-state index < -0.39 is 12.4 Å². The van der Waals surface area contributed by atoms with Crippen LogP contribution in [0.1, 0.15) is 39.8 Å². The van der Waals surface area contributed by atoms with Crippen LogP contribution in [0.25, 0.3) is 11.3 Å². The third-order valence-electron chi connectivity index (χ3n) is 6.15.